The van der Waals surface area contributed by atoms with E-state index in [2.05, 4.69) is 57.3 Å². The van der Waals surface area contributed by atoms with Crippen molar-refractivity contribution in [2.45, 2.75) is 233 Å². The first-order chi connectivity index (χ1) is 28.1. The van der Waals surface area contributed by atoms with Crippen molar-refractivity contribution < 1.29 is 24.2 Å². The van der Waals surface area contributed by atoms with Crippen LogP contribution in [0.25, 0.3) is 0 Å². The fourth-order valence-corrected chi connectivity index (χ4v) is 12.9. The molecule has 9 unspecified atom stereocenters. The second-order valence-corrected chi connectivity index (χ2v) is 20.3. The summed E-state index contributed by atoms with van der Waals surface area (Å²) < 4.78 is 6.16. The Morgan fingerprint density at radius 3 is 1.91 bits per heavy atom. The zero-order valence-corrected chi connectivity index (χ0v) is 38.1. The van der Waals surface area contributed by atoms with E-state index < -0.39 is 5.97 Å². The Kier molecular flexibility index (Phi) is 22.0. The van der Waals surface area contributed by atoms with Gasteiger partial charge in [-0.3, -0.25) is 14.4 Å². The van der Waals surface area contributed by atoms with Crippen molar-refractivity contribution in [1.29, 1.82) is 0 Å². The van der Waals surface area contributed by atoms with Crippen molar-refractivity contribution in [3.63, 3.8) is 0 Å². The van der Waals surface area contributed by atoms with Crippen LogP contribution in [0.5, 0.6) is 0 Å². The number of unbranched alkanes of at least 4 members (excludes halogenated alkanes) is 16. The third-order valence-electron chi connectivity index (χ3n) is 16.3. The van der Waals surface area contributed by atoms with Crippen LogP contribution >= 0.6 is 0 Å². The largest absolute Gasteiger partial charge is 0.480 e. The molecule has 4 fully saturated rings. The zero-order valence-electron chi connectivity index (χ0n) is 38.1. The van der Waals surface area contributed by atoms with Gasteiger partial charge in [-0.25, -0.2) is 0 Å². The third-order valence-corrected chi connectivity index (χ3v) is 16.3. The number of hydrogen-bond acceptors (Lipinski definition) is 4. The van der Waals surface area contributed by atoms with Gasteiger partial charge in [0.25, 0.3) is 0 Å². The molecule has 4 aliphatic rings. The maximum absolute atomic E-state index is 12.9. The predicted octanol–water partition coefficient (Wildman–Crippen LogP) is 14.1. The molecule has 0 spiro atoms. The van der Waals surface area contributed by atoms with Crippen LogP contribution in [-0.2, 0) is 19.1 Å². The molecule has 0 aliphatic heterocycles. The van der Waals surface area contributed by atoms with Crippen LogP contribution in [0, 0.1) is 46.3 Å². The molecule has 58 heavy (non-hydrogen) atoms. The summed E-state index contributed by atoms with van der Waals surface area (Å²) in [6, 6.07) is 0. The molecule has 6 nitrogen and oxygen atoms in total. The number of allylic oxidation sites excluding steroid dienone is 4. The van der Waals surface area contributed by atoms with E-state index in [9.17, 15) is 14.4 Å². The number of esters is 1. The normalized spacial score (nSPS) is 29.9. The average Bonchev–Trinajstić information content (AvgIpc) is 3.57. The maximum atomic E-state index is 12.9. The van der Waals surface area contributed by atoms with Gasteiger partial charge < -0.3 is 15.2 Å². The molecule has 0 aromatic carbocycles. The summed E-state index contributed by atoms with van der Waals surface area (Å²) >= 11 is 0. The highest BCUT2D eigenvalue weighted by molar-refractivity contribution is 5.81. The minimum Gasteiger partial charge on any atom is -0.480 e. The molecular formula is C52H89NO5. The average molecular weight is 808 g/mol. The number of nitrogens with one attached hydrogen (secondary N) is 1. The molecule has 2 N–H and O–H groups in total. The summed E-state index contributed by atoms with van der Waals surface area (Å²) in [5.74, 6) is 3.04. The van der Waals surface area contributed by atoms with Gasteiger partial charge in [0, 0.05) is 12.8 Å². The van der Waals surface area contributed by atoms with Crippen molar-refractivity contribution in [3.8, 4) is 0 Å². The summed E-state index contributed by atoms with van der Waals surface area (Å²) in [5, 5.41) is 11.4. The summed E-state index contributed by atoms with van der Waals surface area (Å²) in [5.41, 5.74) is 0.705. The van der Waals surface area contributed by atoms with Gasteiger partial charge in [0.2, 0.25) is 5.91 Å². The molecule has 9 atom stereocenters. The summed E-state index contributed by atoms with van der Waals surface area (Å²) in [4.78, 5) is 36.0. The van der Waals surface area contributed by atoms with Crippen molar-refractivity contribution >= 4 is 17.8 Å². The molecule has 1 amide bonds. The number of rotatable bonds is 29. The smallest absolute Gasteiger partial charge is 0.322 e. The van der Waals surface area contributed by atoms with Gasteiger partial charge in [0.15, 0.2) is 0 Å². The molecule has 4 aliphatic carbocycles. The third kappa shape index (κ3) is 15.4. The Morgan fingerprint density at radius 2 is 1.28 bits per heavy atom. The van der Waals surface area contributed by atoms with E-state index in [0.717, 1.165) is 56.3 Å². The van der Waals surface area contributed by atoms with E-state index in [-0.39, 0.29) is 24.5 Å². The fourth-order valence-electron chi connectivity index (χ4n) is 12.9. The van der Waals surface area contributed by atoms with Gasteiger partial charge in [-0.2, -0.15) is 0 Å². The minimum atomic E-state index is -0.989. The van der Waals surface area contributed by atoms with E-state index in [1.165, 1.54) is 148 Å². The number of carbonyl (C=O) groups excluding carboxylic acids is 2. The SMILES string of the molecule is CCCCCCC/C=C\C/C=C\CCCCCCCCCCCCCC(=O)OC1CCC2(C)C(CCC3C2CCC2(C)C(C(C)CCC(=O)NCC(=O)O)CCC32)C1. The first-order valence-electron chi connectivity index (χ1n) is 25.1. The molecule has 0 bridgehead atoms. The number of hydrogen-bond donors (Lipinski definition) is 2. The van der Waals surface area contributed by atoms with Gasteiger partial charge in [-0.15, -0.1) is 0 Å². The molecule has 6 heteroatoms. The van der Waals surface area contributed by atoms with E-state index in [1.54, 1.807) is 0 Å². The lowest BCUT2D eigenvalue weighted by atomic mass is 9.44. The molecule has 4 rings (SSSR count). The van der Waals surface area contributed by atoms with Crippen LogP contribution in [-0.4, -0.2) is 35.6 Å². The summed E-state index contributed by atoms with van der Waals surface area (Å²) in [6.45, 7) is 9.48. The molecule has 332 valence electrons. The highest BCUT2D eigenvalue weighted by Gasteiger charge is 2.60. The van der Waals surface area contributed by atoms with E-state index in [4.69, 9.17) is 9.84 Å². The summed E-state index contributed by atoms with van der Waals surface area (Å²) in [7, 11) is 0. The summed E-state index contributed by atoms with van der Waals surface area (Å²) in [6.07, 6.45) is 47.0. The number of carboxylic acids is 1. The van der Waals surface area contributed by atoms with Gasteiger partial charge in [-0.05, 0) is 149 Å². The van der Waals surface area contributed by atoms with Crippen LogP contribution in [0.4, 0.5) is 0 Å². The van der Waals surface area contributed by atoms with Gasteiger partial charge in [0.1, 0.15) is 12.6 Å². The van der Waals surface area contributed by atoms with Crippen molar-refractivity contribution in [1.82, 2.24) is 5.32 Å². The molecule has 0 aromatic rings. The number of fused-ring (bicyclic) bond motifs is 5. The van der Waals surface area contributed by atoms with Gasteiger partial charge in [-0.1, -0.05) is 135 Å². The Bertz CT molecular complexity index is 1260. The highest BCUT2D eigenvalue weighted by Crippen LogP contribution is 2.68. The Balaban J connectivity index is 0.998. The number of ether oxygens (including phenoxy) is 1. The highest BCUT2D eigenvalue weighted by atomic mass is 16.5. The standard InChI is InChI=1S/C52H89NO5/c1-5-6-7-8-9-10-11-12-13-14-15-16-17-18-19-20-21-22-23-24-25-26-27-28-50(57)58-43-35-37-51(3)42(39-43)30-31-44-46-33-32-45(52(46,4)38-36-47(44)51)41(2)29-34-48(54)53-40-49(55)56/h11-12,14-15,41-47H,5-10,13,16-40H2,1-4H3,(H,53,54)(H,55,56)/b12-11-,15-14-. The van der Waals surface area contributed by atoms with E-state index >= 15 is 0 Å². The first kappa shape index (κ1) is 48.6. The monoisotopic (exact) mass is 808 g/mol. The Labute approximate surface area is 356 Å². The topological polar surface area (TPSA) is 92.7 Å². The quantitative estimate of drug-likeness (QED) is 0.0446. The van der Waals surface area contributed by atoms with E-state index in [0.29, 0.717) is 41.4 Å². The number of carboxylic acid groups (broad SMARTS) is 1. The fraction of sp³-hybridized carbons (Fsp3) is 0.865. The molecule has 4 saturated carbocycles. The van der Waals surface area contributed by atoms with Crippen molar-refractivity contribution in [3.05, 3.63) is 24.3 Å². The predicted molar refractivity (Wildman–Crippen MR) is 240 cm³/mol. The van der Waals surface area contributed by atoms with E-state index in [1.807, 2.05) is 0 Å². The second-order valence-electron chi connectivity index (χ2n) is 20.3. The van der Waals surface area contributed by atoms with Gasteiger partial charge in [0.05, 0.1) is 0 Å². The Hall–Kier alpha value is -2.11. The molecule has 0 aromatic heterocycles. The Morgan fingerprint density at radius 1 is 0.690 bits per heavy atom. The molecule has 0 heterocycles. The number of amides is 1. The van der Waals surface area contributed by atoms with Crippen molar-refractivity contribution in [2.75, 3.05) is 6.54 Å². The maximum Gasteiger partial charge on any atom is 0.322 e. The lowest BCUT2D eigenvalue weighted by Gasteiger charge is -2.61. The van der Waals surface area contributed by atoms with Crippen LogP contribution in [0.15, 0.2) is 24.3 Å². The zero-order chi connectivity index (χ0) is 41.6. The van der Waals surface area contributed by atoms with Gasteiger partial charge >= 0.3 is 11.9 Å². The van der Waals surface area contributed by atoms with Crippen LogP contribution in [0.1, 0.15) is 227 Å². The lowest BCUT2D eigenvalue weighted by molar-refractivity contribution is -0.162. The van der Waals surface area contributed by atoms with Crippen LogP contribution in [0.2, 0.25) is 0 Å². The van der Waals surface area contributed by atoms with Crippen molar-refractivity contribution in [2.24, 2.45) is 46.3 Å². The molecular weight excluding hydrogens is 719 g/mol. The molecule has 0 radical (unpaired) electrons. The first-order valence-corrected chi connectivity index (χ1v) is 25.1. The lowest BCUT2D eigenvalue weighted by Crippen LogP contribution is -2.54. The minimum absolute atomic E-state index is 0.0389. The molecule has 0 saturated heterocycles. The van der Waals surface area contributed by atoms with Crippen LogP contribution in [0.3, 0.4) is 0 Å². The van der Waals surface area contributed by atoms with Crippen LogP contribution < -0.4 is 5.32 Å². The number of carbonyl (C=O) groups is 3. The second kappa shape index (κ2) is 26.3. The number of aliphatic carboxylic acids is 1.